The highest BCUT2D eigenvalue weighted by atomic mass is 35.5. The quantitative estimate of drug-likeness (QED) is 0.727. The summed E-state index contributed by atoms with van der Waals surface area (Å²) in [6, 6.07) is 19.9. The zero-order chi connectivity index (χ0) is 17.5. The van der Waals surface area contributed by atoms with E-state index >= 15 is 0 Å². The Morgan fingerprint density at radius 2 is 1.73 bits per heavy atom. The van der Waals surface area contributed by atoms with Crippen LogP contribution in [0, 0.1) is 0 Å². The van der Waals surface area contributed by atoms with E-state index in [1.165, 1.54) is 5.56 Å². The van der Waals surface area contributed by atoms with Gasteiger partial charge in [-0.25, -0.2) is 0 Å². The fourth-order valence-corrected chi connectivity index (χ4v) is 3.23. The second kappa shape index (κ2) is 10.2. The molecule has 1 aliphatic rings. The van der Waals surface area contributed by atoms with Crippen LogP contribution in [0.1, 0.15) is 11.5 Å². The Labute approximate surface area is 160 Å². The van der Waals surface area contributed by atoms with Crippen molar-refractivity contribution >= 4 is 18.3 Å². The number of hydrogen-bond acceptors (Lipinski definition) is 4. The molecule has 140 valence electrons. The molecule has 3 N–H and O–H groups in total. The molecule has 5 nitrogen and oxygen atoms in total. The second-order valence-electron chi connectivity index (χ2n) is 6.39. The van der Waals surface area contributed by atoms with Crippen LogP contribution in [0.2, 0.25) is 0 Å². The number of carbonyl (C=O) groups is 1. The van der Waals surface area contributed by atoms with Gasteiger partial charge in [-0.3, -0.25) is 9.69 Å². The van der Waals surface area contributed by atoms with E-state index in [0.29, 0.717) is 19.7 Å². The van der Waals surface area contributed by atoms with E-state index in [-0.39, 0.29) is 30.3 Å². The van der Waals surface area contributed by atoms with E-state index in [0.717, 1.165) is 18.8 Å². The molecule has 1 fully saturated rings. The van der Waals surface area contributed by atoms with Gasteiger partial charge in [-0.05, 0) is 17.7 Å². The van der Waals surface area contributed by atoms with Gasteiger partial charge in [-0.2, -0.15) is 0 Å². The lowest BCUT2D eigenvalue weighted by Crippen LogP contribution is -2.38. The Hall–Kier alpha value is -2.08. The Morgan fingerprint density at radius 1 is 1.08 bits per heavy atom. The fourth-order valence-electron chi connectivity index (χ4n) is 3.23. The van der Waals surface area contributed by atoms with Crippen LogP contribution in [0.5, 0.6) is 5.75 Å². The third-order valence-corrected chi connectivity index (χ3v) is 4.47. The molecule has 0 spiro atoms. The summed E-state index contributed by atoms with van der Waals surface area (Å²) in [6.07, 6.45) is 0. The SMILES string of the molecule is Cl.N[C@@H]1CN(CC(=O)NCCOc2ccccc2)C[C@H]1c1ccccc1. The van der Waals surface area contributed by atoms with Crippen molar-refractivity contribution in [3.8, 4) is 5.75 Å². The van der Waals surface area contributed by atoms with Crippen LogP contribution in [0.4, 0.5) is 0 Å². The van der Waals surface area contributed by atoms with E-state index in [1.54, 1.807) is 0 Å². The Bertz CT molecular complexity index is 669. The smallest absolute Gasteiger partial charge is 0.234 e. The first-order chi connectivity index (χ1) is 12.2. The zero-order valence-electron chi connectivity index (χ0n) is 14.7. The standard InChI is InChI=1S/C20H25N3O2.ClH/c21-19-14-23(13-18(19)16-7-3-1-4-8-16)15-20(24)22-11-12-25-17-9-5-2-6-10-17;/h1-10,18-19H,11-15,21H2,(H,22,24);1H/t18-,19+;/m0./s1. The van der Waals surface area contributed by atoms with Crippen molar-refractivity contribution in [1.29, 1.82) is 0 Å². The molecular formula is C20H26ClN3O2. The predicted octanol–water partition coefficient (Wildman–Crippen LogP) is 2.03. The molecule has 0 radical (unpaired) electrons. The molecule has 3 rings (SSSR count). The molecule has 1 heterocycles. The van der Waals surface area contributed by atoms with E-state index < -0.39 is 0 Å². The third kappa shape index (κ3) is 5.73. The maximum absolute atomic E-state index is 12.1. The molecule has 2 atom stereocenters. The predicted molar refractivity (Wildman–Crippen MR) is 106 cm³/mol. The summed E-state index contributed by atoms with van der Waals surface area (Å²) in [5.74, 6) is 1.11. The van der Waals surface area contributed by atoms with Crippen LogP contribution in [-0.4, -0.2) is 49.6 Å². The van der Waals surface area contributed by atoms with Gasteiger partial charge in [0.05, 0.1) is 13.1 Å². The van der Waals surface area contributed by atoms with Gasteiger partial charge < -0.3 is 15.8 Å². The maximum Gasteiger partial charge on any atom is 0.234 e. The summed E-state index contributed by atoms with van der Waals surface area (Å²) >= 11 is 0. The highest BCUT2D eigenvalue weighted by Crippen LogP contribution is 2.25. The first-order valence-electron chi connectivity index (χ1n) is 8.70. The van der Waals surface area contributed by atoms with Crippen LogP contribution >= 0.6 is 12.4 Å². The van der Waals surface area contributed by atoms with Crippen LogP contribution < -0.4 is 15.8 Å². The van der Waals surface area contributed by atoms with E-state index in [1.807, 2.05) is 48.5 Å². The first-order valence-corrected chi connectivity index (χ1v) is 8.70. The number of hydrogen-bond donors (Lipinski definition) is 2. The number of halogens is 1. The van der Waals surface area contributed by atoms with Gasteiger partial charge in [0, 0.05) is 25.0 Å². The molecule has 0 aromatic heterocycles. The average molecular weight is 376 g/mol. The number of nitrogens with one attached hydrogen (secondary N) is 1. The summed E-state index contributed by atoms with van der Waals surface area (Å²) in [7, 11) is 0. The number of rotatable bonds is 7. The van der Waals surface area contributed by atoms with E-state index in [9.17, 15) is 4.79 Å². The van der Waals surface area contributed by atoms with Gasteiger partial charge >= 0.3 is 0 Å². The minimum Gasteiger partial charge on any atom is -0.492 e. The average Bonchev–Trinajstić information content (AvgIpc) is 3.00. The topological polar surface area (TPSA) is 67.6 Å². The van der Waals surface area contributed by atoms with Crippen molar-refractivity contribution in [2.45, 2.75) is 12.0 Å². The maximum atomic E-state index is 12.1. The van der Waals surface area contributed by atoms with E-state index in [4.69, 9.17) is 10.5 Å². The normalized spacial score (nSPS) is 19.6. The number of benzene rings is 2. The highest BCUT2D eigenvalue weighted by Gasteiger charge is 2.31. The van der Waals surface area contributed by atoms with Crippen LogP contribution in [0.3, 0.4) is 0 Å². The summed E-state index contributed by atoms with van der Waals surface area (Å²) in [5.41, 5.74) is 7.51. The van der Waals surface area contributed by atoms with Gasteiger partial charge in [-0.1, -0.05) is 48.5 Å². The molecule has 1 saturated heterocycles. The second-order valence-corrected chi connectivity index (χ2v) is 6.39. The summed E-state index contributed by atoms with van der Waals surface area (Å²) in [4.78, 5) is 14.2. The lowest BCUT2D eigenvalue weighted by Gasteiger charge is -2.16. The van der Waals surface area contributed by atoms with Crippen molar-refractivity contribution in [2.75, 3.05) is 32.8 Å². The van der Waals surface area contributed by atoms with Gasteiger partial charge in [0.2, 0.25) is 5.91 Å². The number of para-hydroxylation sites is 1. The Morgan fingerprint density at radius 3 is 2.42 bits per heavy atom. The van der Waals surface area contributed by atoms with Crippen LogP contribution in [-0.2, 0) is 4.79 Å². The molecule has 0 saturated carbocycles. The number of carbonyl (C=O) groups excluding carboxylic acids is 1. The number of likely N-dealkylation sites (tertiary alicyclic amines) is 1. The zero-order valence-corrected chi connectivity index (χ0v) is 15.5. The van der Waals surface area contributed by atoms with Crippen molar-refractivity contribution in [3.05, 3.63) is 66.2 Å². The number of nitrogens with two attached hydrogens (primary N) is 1. The monoisotopic (exact) mass is 375 g/mol. The largest absolute Gasteiger partial charge is 0.492 e. The Kier molecular flexibility index (Phi) is 7.91. The van der Waals surface area contributed by atoms with Crippen LogP contribution in [0.25, 0.3) is 0 Å². The minimum atomic E-state index is 0. The molecule has 2 aromatic rings. The summed E-state index contributed by atoms with van der Waals surface area (Å²) in [6.45, 7) is 2.90. The molecule has 0 aliphatic carbocycles. The van der Waals surface area contributed by atoms with Crippen LogP contribution in [0.15, 0.2) is 60.7 Å². The van der Waals surface area contributed by atoms with Gasteiger partial charge in [0.25, 0.3) is 0 Å². The van der Waals surface area contributed by atoms with Crippen molar-refractivity contribution < 1.29 is 9.53 Å². The molecule has 6 heteroatoms. The molecular weight excluding hydrogens is 350 g/mol. The van der Waals surface area contributed by atoms with Crippen molar-refractivity contribution in [2.24, 2.45) is 5.73 Å². The van der Waals surface area contributed by atoms with Crippen molar-refractivity contribution in [3.63, 3.8) is 0 Å². The molecule has 0 unspecified atom stereocenters. The van der Waals surface area contributed by atoms with Gasteiger partial charge in [0.1, 0.15) is 12.4 Å². The molecule has 1 amide bonds. The van der Waals surface area contributed by atoms with E-state index in [2.05, 4.69) is 22.3 Å². The number of nitrogens with zero attached hydrogens (tertiary/aromatic N) is 1. The molecule has 2 aromatic carbocycles. The summed E-state index contributed by atoms with van der Waals surface area (Å²) in [5, 5.41) is 2.90. The molecule has 0 bridgehead atoms. The lowest BCUT2D eigenvalue weighted by molar-refractivity contribution is -0.122. The first kappa shape index (κ1) is 20.2. The third-order valence-electron chi connectivity index (χ3n) is 4.47. The highest BCUT2D eigenvalue weighted by molar-refractivity contribution is 5.85. The van der Waals surface area contributed by atoms with Gasteiger partial charge in [0.15, 0.2) is 0 Å². The summed E-state index contributed by atoms with van der Waals surface area (Å²) < 4.78 is 5.57. The van der Waals surface area contributed by atoms with Gasteiger partial charge in [-0.15, -0.1) is 12.4 Å². The Balaban J connectivity index is 0.00000243. The molecule has 1 aliphatic heterocycles. The lowest BCUT2D eigenvalue weighted by atomic mass is 9.95. The number of ether oxygens (including phenoxy) is 1. The fraction of sp³-hybridized carbons (Fsp3) is 0.350. The van der Waals surface area contributed by atoms with Crippen molar-refractivity contribution in [1.82, 2.24) is 10.2 Å². The number of amides is 1. The molecule has 26 heavy (non-hydrogen) atoms. The minimum absolute atomic E-state index is 0.